The highest BCUT2D eigenvalue weighted by atomic mass is 79.9. The molecule has 0 spiro atoms. The molecule has 152 valence electrons. The fourth-order valence-corrected chi connectivity index (χ4v) is 6.27. The van der Waals surface area contributed by atoms with Crippen LogP contribution in [0.2, 0.25) is 0 Å². The minimum atomic E-state index is -0.344. The fraction of sp³-hybridized carbons (Fsp3) is 0.227. The Morgan fingerprint density at radius 2 is 2.17 bits per heavy atom. The number of hydrogen-bond donors (Lipinski definition) is 2. The lowest BCUT2D eigenvalue weighted by Gasteiger charge is -2.34. The topological polar surface area (TPSA) is 71.1 Å². The van der Waals surface area contributed by atoms with Crippen LogP contribution in [0, 0.1) is 0 Å². The van der Waals surface area contributed by atoms with Crippen LogP contribution in [0.15, 0.2) is 62.0 Å². The van der Waals surface area contributed by atoms with Gasteiger partial charge in [-0.05, 0) is 60.4 Å². The summed E-state index contributed by atoms with van der Waals surface area (Å²) in [5.74, 6) is -0.439. The SMILES string of the molecule is CC1=C(C(=O)Nc2nc3ccc(Br)cc3s2)C(c2ccsc2)C2=C(CCCC2=O)N1. The van der Waals surface area contributed by atoms with Crippen LogP contribution >= 0.6 is 38.6 Å². The average molecular weight is 500 g/mol. The third-order valence-electron chi connectivity index (χ3n) is 5.47. The van der Waals surface area contributed by atoms with Crippen molar-refractivity contribution < 1.29 is 9.59 Å². The van der Waals surface area contributed by atoms with E-state index in [-0.39, 0.29) is 17.6 Å². The Hall–Kier alpha value is -2.29. The minimum Gasteiger partial charge on any atom is -0.362 e. The zero-order valence-corrected chi connectivity index (χ0v) is 19.3. The molecule has 3 heterocycles. The second-order valence-electron chi connectivity index (χ2n) is 7.41. The number of allylic oxidation sites excluding steroid dienone is 3. The number of thiazole rings is 1. The Morgan fingerprint density at radius 3 is 2.97 bits per heavy atom. The maximum absolute atomic E-state index is 13.4. The molecule has 1 aliphatic heterocycles. The number of carbonyl (C=O) groups excluding carboxylic acids is 2. The van der Waals surface area contributed by atoms with Gasteiger partial charge in [0.05, 0.1) is 10.2 Å². The van der Waals surface area contributed by atoms with E-state index in [1.54, 1.807) is 11.3 Å². The molecule has 0 saturated heterocycles. The Kier molecular flexibility index (Phi) is 5.08. The van der Waals surface area contributed by atoms with Crippen LogP contribution in [0.5, 0.6) is 0 Å². The van der Waals surface area contributed by atoms with E-state index in [1.807, 2.05) is 41.9 Å². The number of thiophene rings is 1. The molecule has 0 radical (unpaired) electrons. The predicted molar refractivity (Wildman–Crippen MR) is 125 cm³/mol. The summed E-state index contributed by atoms with van der Waals surface area (Å²) in [7, 11) is 0. The molecule has 8 heteroatoms. The van der Waals surface area contributed by atoms with E-state index in [0.717, 1.165) is 50.1 Å². The van der Waals surface area contributed by atoms with Gasteiger partial charge >= 0.3 is 0 Å². The number of halogens is 1. The van der Waals surface area contributed by atoms with Crippen molar-refractivity contribution in [1.29, 1.82) is 0 Å². The Morgan fingerprint density at radius 1 is 1.30 bits per heavy atom. The van der Waals surface area contributed by atoms with Crippen molar-refractivity contribution in [3.05, 3.63) is 67.6 Å². The van der Waals surface area contributed by atoms with Crippen LogP contribution in [-0.4, -0.2) is 16.7 Å². The zero-order valence-electron chi connectivity index (χ0n) is 16.1. The maximum atomic E-state index is 13.4. The number of ketones is 1. The predicted octanol–water partition coefficient (Wildman–Crippen LogP) is 5.73. The molecule has 5 rings (SSSR count). The van der Waals surface area contributed by atoms with Crippen LogP contribution in [0.3, 0.4) is 0 Å². The molecule has 1 aromatic carbocycles. The highest BCUT2D eigenvalue weighted by Gasteiger charge is 2.38. The Bertz CT molecular complexity index is 1240. The van der Waals surface area contributed by atoms with Gasteiger partial charge in [-0.25, -0.2) is 4.98 Å². The van der Waals surface area contributed by atoms with E-state index in [1.165, 1.54) is 11.3 Å². The second-order valence-corrected chi connectivity index (χ2v) is 10.1. The van der Waals surface area contributed by atoms with Gasteiger partial charge in [0.25, 0.3) is 5.91 Å². The molecule has 0 bridgehead atoms. The number of nitrogens with zero attached hydrogens (tertiary/aromatic N) is 1. The third-order valence-corrected chi connectivity index (χ3v) is 7.60. The lowest BCUT2D eigenvalue weighted by molar-refractivity contribution is -0.116. The number of benzene rings is 1. The molecular weight excluding hydrogens is 482 g/mol. The summed E-state index contributed by atoms with van der Waals surface area (Å²) in [6, 6.07) is 7.84. The molecule has 0 saturated carbocycles. The van der Waals surface area contributed by atoms with Crippen molar-refractivity contribution in [3.8, 4) is 0 Å². The number of nitrogens with one attached hydrogen (secondary N) is 2. The highest BCUT2D eigenvalue weighted by molar-refractivity contribution is 9.10. The van der Waals surface area contributed by atoms with Crippen LogP contribution in [0.25, 0.3) is 10.2 Å². The lowest BCUT2D eigenvalue weighted by Crippen LogP contribution is -2.35. The number of carbonyl (C=O) groups is 2. The minimum absolute atomic E-state index is 0.127. The van der Waals surface area contributed by atoms with E-state index in [9.17, 15) is 9.59 Å². The van der Waals surface area contributed by atoms with Gasteiger partial charge in [0.2, 0.25) is 0 Å². The molecular formula is C22H18BrN3O2S2. The van der Waals surface area contributed by atoms with Gasteiger partial charge in [-0.3, -0.25) is 14.9 Å². The molecule has 1 amide bonds. The number of anilines is 1. The van der Waals surface area contributed by atoms with Crippen molar-refractivity contribution >= 4 is 65.6 Å². The third kappa shape index (κ3) is 3.42. The molecule has 3 aromatic rings. The first kappa shape index (κ1) is 19.7. The molecule has 2 N–H and O–H groups in total. The number of aromatic nitrogens is 1. The fourth-order valence-electron chi connectivity index (χ4n) is 4.17. The van der Waals surface area contributed by atoms with Crippen molar-refractivity contribution in [2.75, 3.05) is 5.32 Å². The molecule has 30 heavy (non-hydrogen) atoms. The van der Waals surface area contributed by atoms with E-state index in [0.29, 0.717) is 17.1 Å². The summed E-state index contributed by atoms with van der Waals surface area (Å²) in [4.78, 5) is 30.8. The van der Waals surface area contributed by atoms with E-state index >= 15 is 0 Å². The monoisotopic (exact) mass is 499 g/mol. The van der Waals surface area contributed by atoms with Gasteiger partial charge in [0.15, 0.2) is 10.9 Å². The zero-order chi connectivity index (χ0) is 20.8. The average Bonchev–Trinajstić information content (AvgIpc) is 3.36. The summed E-state index contributed by atoms with van der Waals surface area (Å²) < 4.78 is 1.97. The summed E-state index contributed by atoms with van der Waals surface area (Å²) in [5.41, 5.74) is 4.91. The van der Waals surface area contributed by atoms with Gasteiger partial charge < -0.3 is 5.32 Å². The number of fused-ring (bicyclic) bond motifs is 1. The number of amides is 1. The number of hydrogen-bond acceptors (Lipinski definition) is 6. The Balaban J connectivity index is 1.53. The van der Waals surface area contributed by atoms with Crippen LogP contribution in [0.4, 0.5) is 5.13 Å². The maximum Gasteiger partial charge on any atom is 0.256 e. The molecule has 0 fully saturated rings. The van der Waals surface area contributed by atoms with Gasteiger partial charge in [0, 0.05) is 39.4 Å². The normalized spacial score (nSPS) is 19.1. The van der Waals surface area contributed by atoms with Crippen LogP contribution in [-0.2, 0) is 9.59 Å². The smallest absolute Gasteiger partial charge is 0.256 e. The van der Waals surface area contributed by atoms with E-state index < -0.39 is 0 Å². The van der Waals surface area contributed by atoms with Gasteiger partial charge in [0.1, 0.15) is 0 Å². The standard InChI is InChI=1S/C22H18BrN3O2S2/c1-11-18(21(28)26-22-25-14-6-5-13(23)9-17(14)30-22)19(12-7-8-29-10-12)20-15(24-11)3-2-4-16(20)27/h5-10,19,24H,2-4H2,1H3,(H,25,26,28). The summed E-state index contributed by atoms with van der Waals surface area (Å²) in [5, 5.41) is 10.9. The molecule has 2 aliphatic rings. The summed E-state index contributed by atoms with van der Waals surface area (Å²) in [6.45, 7) is 1.91. The quantitative estimate of drug-likeness (QED) is 0.482. The molecule has 2 aromatic heterocycles. The van der Waals surface area contributed by atoms with Crippen molar-refractivity contribution in [2.24, 2.45) is 0 Å². The molecule has 1 aliphatic carbocycles. The second kappa shape index (κ2) is 7.76. The van der Waals surface area contributed by atoms with Crippen LogP contribution in [0.1, 0.15) is 37.7 Å². The van der Waals surface area contributed by atoms with E-state index in [2.05, 4.69) is 31.5 Å². The van der Waals surface area contributed by atoms with Gasteiger partial charge in [-0.2, -0.15) is 11.3 Å². The molecule has 1 unspecified atom stereocenters. The first-order valence-corrected chi connectivity index (χ1v) is 12.2. The first-order chi connectivity index (χ1) is 14.5. The molecule has 5 nitrogen and oxygen atoms in total. The van der Waals surface area contributed by atoms with Gasteiger partial charge in [-0.1, -0.05) is 27.3 Å². The number of Topliss-reactive ketones (excluding diaryl/α,β-unsaturated/α-hetero) is 1. The number of dihydropyridines is 1. The lowest BCUT2D eigenvalue weighted by atomic mass is 9.76. The summed E-state index contributed by atoms with van der Waals surface area (Å²) in [6.07, 6.45) is 2.21. The first-order valence-electron chi connectivity index (χ1n) is 9.65. The summed E-state index contributed by atoms with van der Waals surface area (Å²) >= 11 is 6.48. The van der Waals surface area contributed by atoms with Crippen molar-refractivity contribution in [1.82, 2.24) is 10.3 Å². The van der Waals surface area contributed by atoms with Gasteiger partial charge in [-0.15, -0.1) is 0 Å². The largest absolute Gasteiger partial charge is 0.362 e. The van der Waals surface area contributed by atoms with Crippen molar-refractivity contribution in [2.45, 2.75) is 32.1 Å². The Labute approximate surface area is 190 Å². The van der Waals surface area contributed by atoms with E-state index in [4.69, 9.17) is 0 Å². The molecule has 1 atom stereocenters. The highest BCUT2D eigenvalue weighted by Crippen LogP contribution is 2.43. The van der Waals surface area contributed by atoms with Crippen molar-refractivity contribution in [3.63, 3.8) is 0 Å². The van der Waals surface area contributed by atoms with Crippen LogP contribution < -0.4 is 10.6 Å². The number of rotatable bonds is 3.